The van der Waals surface area contributed by atoms with Gasteiger partial charge in [0.1, 0.15) is 0 Å². The third-order valence-corrected chi connectivity index (χ3v) is 5.07. The molecule has 0 aliphatic carbocycles. The molecule has 0 saturated carbocycles. The summed E-state index contributed by atoms with van der Waals surface area (Å²) in [5, 5.41) is 10.2. The van der Waals surface area contributed by atoms with Gasteiger partial charge < -0.3 is 4.42 Å². The molecule has 1 N–H and O–H groups in total. The number of thiophene rings is 2. The molecule has 9 heteroatoms. The van der Waals surface area contributed by atoms with Gasteiger partial charge in [0.15, 0.2) is 0 Å². The molecule has 0 aliphatic heterocycles. The number of hydrogen-bond acceptors (Lipinski definition) is 6. The van der Waals surface area contributed by atoms with Gasteiger partial charge in [0, 0.05) is 0 Å². The number of aromatic nitrogens is 2. The van der Waals surface area contributed by atoms with Crippen LogP contribution < -0.4 is 5.32 Å². The Hall–Kier alpha value is -1.22. The number of nitrogens with one attached hydrogen (secondary N) is 1. The summed E-state index contributed by atoms with van der Waals surface area (Å²) in [6.45, 7) is 0. The van der Waals surface area contributed by atoms with Gasteiger partial charge in [-0.1, -0.05) is 16.7 Å². The molecule has 1 amide bonds. The van der Waals surface area contributed by atoms with E-state index in [1.54, 1.807) is 12.1 Å². The van der Waals surface area contributed by atoms with E-state index in [0.717, 1.165) is 8.66 Å². The second kappa shape index (κ2) is 5.65. The lowest BCUT2D eigenvalue weighted by atomic mass is 10.4. The number of carbonyl (C=O) groups is 1. The van der Waals surface area contributed by atoms with Gasteiger partial charge in [-0.15, -0.1) is 27.8 Å². The molecule has 3 rings (SSSR count). The zero-order valence-corrected chi connectivity index (χ0v) is 13.6. The van der Waals surface area contributed by atoms with Gasteiger partial charge in [0.2, 0.25) is 0 Å². The summed E-state index contributed by atoms with van der Waals surface area (Å²) in [5.41, 5.74) is 0. The van der Waals surface area contributed by atoms with Gasteiger partial charge >= 0.3 is 6.01 Å². The number of rotatable bonds is 3. The van der Waals surface area contributed by atoms with Crippen molar-refractivity contribution < 1.29 is 9.21 Å². The monoisotopic (exact) mass is 389 g/mol. The highest BCUT2D eigenvalue weighted by Crippen LogP contribution is 2.31. The van der Waals surface area contributed by atoms with Gasteiger partial charge in [0.05, 0.1) is 17.9 Å². The maximum atomic E-state index is 11.9. The predicted octanol–water partition coefficient (Wildman–Crippen LogP) is 4.53. The lowest BCUT2D eigenvalue weighted by Gasteiger charge is -1.95. The highest BCUT2D eigenvalue weighted by Gasteiger charge is 2.15. The van der Waals surface area contributed by atoms with Crippen molar-refractivity contribution in [2.75, 3.05) is 5.32 Å². The summed E-state index contributed by atoms with van der Waals surface area (Å²) >= 11 is 11.8. The second-order valence-electron chi connectivity index (χ2n) is 3.57. The molecule has 102 valence electrons. The molecule has 5 nitrogen and oxygen atoms in total. The number of halogens is 2. The van der Waals surface area contributed by atoms with Crippen molar-refractivity contribution in [3.63, 3.8) is 0 Å². The van der Waals surface area contributed by atoms with Crippen LogP contribution in [0.2, 0.25) is 4.34 Å². The number of carbonyl (C=O) groups excluding carboxylic acids is 1. The molecule has 0 atom stereocenters. The molecule has 0 unspecified atom stereocenters. The Kier molecular flexibility index (Phi) is 3.88. The Morgan fingerprint density at radius 2 is 2.10 bits per heavy atom. The summed E-state index contributed by atoms with van der Waals surface area (Å²) < 4.78 is 6.90. The maximum Gasteiger partial charge on any atom is 0.322 e. The number of nitrogens with zero attached hydrogens (tertiary/aromatic N) is 2. The van der Waals surface area contributed by atoms with Crippen LogP contribution in [-0.2, 0) is 0 Å². The average molecular weight is 391 g/mol. The first-order valence-electron chi connectivity index (χ1n) is 5.28. The van der Waals surface area contributed by atoms with Gasteiger partial charge in [0.25, 0.3) is 11.8 Å². The first-order valence-corrected chi connectivity index (χ1v) is 8.08. The Bertz CT molecular complexity index is 767. The average Bonchev–Trinajstić information content (AvgIpc) is 3.10. The van der Waals surface area contributed by atoms with E-state index in [4.69, 9.17) is 16.0 Å². The van der Waals surface area contributed by atoms with Crippen molar-refractivity contribution in [3.8, 4) is 10.8 Å². The lowest BCUT2D eigenvalue weighted by molar-refractivity contribution is 0.102. The Morgan fingerprint density at radius 1 is 1.25 bits per heavy atom. The molecule has 0 bridgehead atoms. The van der Waals surface area contributed by atoms with E-state index in [0.29, 0.717) is 15.1 Å². The minimum absolute atomic E-state index is 0.0547. The van der Waals surface area contributed by atoms with Crippen molar-refractivity contribution in [3.05, 3.63) is 37.3 Å². The summed E-state index contributed by atoms with van der Waals surface area (Å²) in [6.07, 6.45) is 0. The molecule has 3 heterocycles. The van der Waals surface area contributed by atoms with E-state index in [2.05, 4.69) is 31.4 Å². The predicted molar refractivity (Wildman–Crippen MR) is 82.6 cm³/mol. The zero-order valence-electron chi connectivity index (χ0n) is 9.59. The van der Waals surface area contributed by atoms with Crippen molar-refractivity contribution in [1.29, 1.82) is 0 Å². The molecule has 0 fully saturated rings. The maximum absolute atomic E-state index is 11.9. The normalized spacial score (nSPS) is 10.7. The van der Waals surface area contributed by atoms with E-state index in [9.17, 15) is 4.79 Å². The van der Waals surface area contributed by atoms with Crippen LogP contribution in [0.1, 0.15) is 9.67 Å². The van der Waals surface area contributed by atoms with Crippen molar-refractivity contribution in [1.82, 2.24) is 10.2 Å². The SMILES string of the molecule is O=C(Nc1nnc(-c2ccc(Br)s2)o1)c1ccc(Cl)s1. The molecule has 3 aromatic rings. The van der Waals surface area contributed by atoms with Crippen LogP contribution in [0.4, 0.5) is 6.01 Å². The largest absolute Gasteiger partial charge is 0.402 e. The standard InChI is InChI=1S/C11H5BrClN3O2S2/c12-7-3-1-6(19-7)10-15-16-11(18-10)14-9(17)5-2-4-8(13)20-5/h1-4H,(H,14,16,17). The molecule has 20 heavy (non-hydrogen) atoms. The first-order chi connectivity index (χ1) is 9.61. The molecule has 0 aliphatic rings. The van der Waals surface area contributed by atoms with Crippen molar-refractivity contribution >= 4 is 62.1 Å². The zero-order chi connectivity index (χ0) is 14.1. The van der Waals surface area contributed by atoms with Gasteiger partial charge in [-0.25, -0.2) is 0 Å². The van der Waals surface area contributed by atoms with Gasteiger partial charge in [-0.3, -0.25) is 10.1 Å². The number of anilines is 1. The second-order valence-corrected chi connectivity index (χ2v) is 7.75. The molecule has 0 radical (unpaired) electrons. The quantitative estimate of drug-likeness (QED) is 0.713. The summed E-state index contributed by atoms with van der Waals surface area (Å²) in [6, 6.07) is 7.08. The van der Waals surface area contributed by atoms with E-state index >= 15 is 0 Å². The van der Waals surface area contributed by atoms with Crippen LogP contribution in [0.25, 0.3) is 10.8 Å². The number of hydrogen-bond donors (Lipinski definition) is 1. The highest BCUT2D eigenvalue weighted by molar-refractivity contribution is 9.11. The first kappa shape index (κ1) is 13.7. The molecular formula is C11H5BrClN3O2S2. The third kappa shape index (κ3) is 2.93. The van der Waals surface area contributed by atoms with E-state index in [1.165, 1.54) is 22.7 Å². The van der Waals surface area contributed by atoms with Gasteiger partial charge in [-0.2, -0.15) is 0 Å². The summed E-state index contributed by atoms with van der Waals surface area (Å²) in [4.78, 5) is 13.2. The Balaban J connectivity index is 1.76. The van der Waals surface area contributed by atoms with E-state index in [-0.39, 0.29) is 11.9 Å². The fraction of sp³-hybridized carbons (Fsp3) is 0. The Labute approximate surface area is 134 Å². The Morgan fingerprint density at radius 3 is 2.75 bits per heavy atom. The fourth-order valence-electron chi connectivity index (χ4n) is 1.40. The number of amides is 1. The van der Waals surface area contributed by atoms with E-state index in [1.807, 2.05) is 12.1 Å². The lowest BCUT2D eigenvalue weighted by Crippen LogP contribution is -2.10. The summed E-state index contributed by atoms with van der Waals surface area (Å²) in [5.74, 6) is 0.0321. The smallest absolute Gasteiger partial charge is 0.322 e. The molecule has 0 saturated heterocycles. The van der Waals surface area contributed by atoms with Crippen molar-refractivity contribution in [2.24, 2.45) is 0 Å². The molecule has 0 spiro atoms. The van der Waals surface area contributed by atoms with Crippen LogP contribution in [0.5, 0.6) is 0 Å². The van der Waals surface area contributed by atoms with Crippen LogP contribution in [0, 0.1) is 0 Å². The third-order valence-electron chi connectivity index (χ3n) is 2.23. The molecule has 0 aromatic carbocycles. The topological polar surface area (TPSA) is 68.0 Å². The van der Waals surface area contributed by atoms with Gasteiger partial charge in [-0.05, 0) is 40.2 Å². The fourth-order valence-corrected chi connectivity index (χ4v) is 3.64. The van der Waals surface area contributed by atoms with Crippen molar-refractivity contribution in [2.45, 2.75) is 0 Å². The van der Waals surface area contributed by atoms with Crippen LogP contribution in [0.3, 0.4) is 0 Å². The van der Waals surface area contributed by atoms with E-state index < -0.39 is 0 Å². The van der Waals surface area contributed by atoms with Crippen LogP contribution in [0.15, 0.2) is 32.5 Å². The van der Waals surface area contributed by atoms with Crippen LogP contribution >= 0.6 is 50.2 Å². The minimum Gasteiger partial charge on any atom is -0.402 e. The highest BCUT2D eigenvalue weighted by atomic mass is 79.9. The molecule has 3 aromatic heterocycles. The summed E-state index contributed by atoms with van der Waals surface area (Å²) in [7, 11) is 0. The minimum atomic E-state index is -0.329. The van der Waals surface area contributed by atoms with Crippen LogP contribution in [-0.4, -0.2) is 16.1 Å². The molecular weight excluding hydrogens is 386 g/mol.